The predicted molar refractivity (Wildman–Crippen MR) is 221 cm³/mol. The molecule has 3 heteroatoms. The van der Waals surface area contributed by atoms with Gasteiger partial charge in [-0.15, -0.1) is 23.8 Å². The summed E-state index contributed by atoms with van der Waals surface area (Å²) in [5.74, 6) is 0.460. The summed E-state index contributed by atoms with van der Waals surface area (Å²) in [7, 11) is 0. The van der Waals surface area contributed by atoms with Crippen LogP contribution in [0.1, 0.15) is 95.2 Å². The van der Waals surface area contributed by atoms with Gasteiger partial charge in [0.2, 0.25) is 0 Å². The Morgan fingerprint density at radius 2 is 1.06 bits per heavy atom. The summed E-state index contributed by atoms with van der Waals surface area (Å²) >= 11 is 1.47. The Hall–Kier alpha value is -2.31. The molecule has 2 fully saturated rings. The van der Waals surface area contributed by atoms with E-state index in [4.69, 9.17) is 0 Å². The quantitative estimate of drug-likeness (QED) is 0.287. The molecule has 0 radical (unpaired) electrons. The van der Waals surface area contributed by atoms with E-state index in [9.17, 15) is 0 Å². The van der Waals surface area contributed by atoms with Crippen LogP contribution < -0.4 is 24.8 Å². The second-order valence-corrected chi connectivity index (χ2v) is 19.1. The fourth-order valence-corrected chi connectivity index (χ4v) is 12.7. The largest absolute Gasteiger partial charge is 1.00 e. The molecule has 0 N–H and O–H groups in total. The van der Waals surface area contributed by atoms with Crippen LogP contribution in [0.15, 0.2) is 127 Å². The average molecular weight is 835 g/mol. The molecular formula is C51H60Cl2Zr-2. The van der Waals surface area contributed by atoms with Gasteiger partial charge >= 0.3 is 125 Å². The normalized spacial score (nSPS) is 36.9. The van der Waals surface area contributed by atoms with Gasteiger partial charge in [0.25, 0.3) is 0 Å². The second kappa shape index (κ2) is 15.6. The molecule has 0 aliphatic heterocycles. The van der Waals surface area contributed by atoms with E-state index in [0.717, 1.165) is 6.42 Å². The SMILES string of the molecule is CC1=CC=CC2[CH-]C3(C)C4(C)C=CC=CC4(C)C4(C)C=CC=CC4(C)C3(C)C12C.Cc1cc(C)cc([C](=[Zr+2])c2cc(C)cc(C)c2)c1.[C-]1=CC=CC1.[Cl-].[Cl-]. The number of hydrogen-bond donors (Lipinski definition) is 0. The number of fused-ring (bicyclic) bond motifs is 8. The van der Waals surface area contributed by atoms with Gasteiger partial charge in [0, 0.05) is 10.8 Å². The van der Waals surface area contributed by atoms with Crippen molar-refractivity contribution in [2.75, 3.05) is 0 Å². The number of rotatable bonds is 2. The van der Waals surface area contributed by atoms with Crippen molar-refractivity contribution in [3.8, 4) is 0 Å². The van der Waals surface area contributed by atoms with Gasteiger partial charge in [0.15, 0.2) is 0 Å². The van der Waals surface area contributed by atoms with E-state index in [1.807, 2.05) is 12.2 Å². The van der Waals surface area contributed by atoms with Gasteiger partial charge in [0.1, 0.15) is 0 Å². The second-order valence-electron chi connectivity index (χ2n) is 17.8. The molecule has 0 heterocycles. The molecule has 284 valence electrons. The van der Waals surface area contributed by atoms with Crippen LogP contribution in [0.3, 0.4) is 0 Å². The summed E-state index contributed by atoms with van der Waals surface area (Å²) in [4.78, 5) is 0. The number of aryl methyl sites for hydroxylation is 4. The minimum atomic E-state index is 0. The molecule has 0 amide bonds. The third-order valence-electron chi connectivity index (χ3n) is 15.6. The first-order chi connectivity index (χ1) is 24.3. The average Bonchev–Trinajstić information content (AvgIpc) is 3.73. The van der Waals surface area contributed by atoms with Crippen molar-refractivity contribution < 1.29 is 49.0 Å². The Morgan fingerprint density at radius 1 is 0.611 bits per heavy atom. The van der Waals surface area contributed by atoms with Gasteiger partial charge < -0.3 is 31.2 Å². The molecule has 54 heavy (non-hydrogen) atoms. The molecule has 6 aliphatic carbocycles. The molecule has 2 aromatic carbocycles. The third-order valence-corrected chi connectivity index (χ3v) is 17.1. The van der Waals surface area contributed by atoms with Crippen molar-refractivity contribution in [3.63, 3.8) is 0 Å². The first kappa shape index (κ1) is 44.4. The van der Waals surface area contributed by atoms with Crippen LogP contribution in [-0.2, 0) is 24.2 Å². The molecule has 6 aliphatic rings. The molecule has 8 rings (SSSR count). The van der Waals surface area contributed by atoms with E-state index in [0.29, 0.717) is 5.92 Å². The molecule has 8 atom stereocenters. The molecule has 0 bridgehead atoms. The topological polar surface area (TPSA) is 0 Å². The number of halogens is 2. The fourth-order valence-electron chi connectivity index (χ4n) is 12.0. The fraction of sp³-hybridized carbons (Fsp3) is 0.412. The van der Waals surface area contributed by atoms with Crippen LogP contribution in [-0.4, -0.2) is 3.21 Å². The van der Waals surface area contributed by atoms with Gasteiger partial charge in [-0.25, -0.2) is 12.2 Å². The summed E-state index contributed by atoms with van der Waals surface area (Å²) in [5, 5.41) is 0. The monoisotopic (exact) mass is 832 g/mol. The van der Waals surface area contributed by atoms with Crippen molar-refractivity contribution in [2.45, 2.75) is 89.5 Å². The van der Waals surface area contributed by atoms with Gasteiger partial charge in [-0.3, -0.25) is 6.08 Å². The predicted octanol–water partition coefficient (Wildman–Crippen LogP) is 7.00. The Kier molecular flexibility index (Phi) is 12.8. The molecule has 0 spiro atoms. The van der Waals surface area contributed by atoms with Gasteiger partial charge in [-0.1, -0.05) is 115 Å². The first-order valence-corrected chi connectivity index (χ1v) is 20.5. The summed E-state index contributed by atoms with van der Waals surface area (Å²) in [6.45, 7) is 29.0. The van der Waals surface area contributed by atoms with Crippen molar-refractivity contribution in [2.24, 2.45) is 43.8 Å². The zero-order chi connectivity index (χ0) is 38.0. The maximum atomic E-state index is 2.99. The smallest absolute Gasteiger partial charge is 0.109 e. The van der Waals surface area contributed by atoms with E-state index in [2.05, 4.69) is 205 Å². The van der Waals surface area contributed by atoms with Crippen LogP contribution in [0.4, 0.5) is 0 Å². The van der Waals surface area contributed by atoms with Gasteiger partial charge in [0.05, 0.1) is 0 Å². The molecule has 0 nitrogen and oxygen atoms in total. The maximum Gasteiger partial charge on any atom is -0.109 e. The van der Waals surface area contributed by atoms with E-state index in [-0.39, 0.29) is 62.7 Å². The molecule has 0 saturated heterocycles. The minimum absolute atomic E-state index is 0. The first-order valence-electron chi connectivity index (χ1n) is 19.3. The zero-order valence-electron chi connectivity index (χ0n) is 34.7. The number of hydrogen-bond acceptors (Lipinski definition) is 0. The van der Waals surface area contributed by atoms with Crippen molar-refractivity contribution in [1.82, 2.24) is 0 Å². The Balaban J connectivity index is 0.000000222. The summed E-state index contributed by atoms with van der Waals surface area (Å²) in [6.07, 6.45) is 39.3. The van der Waals surface area contributed by atoms with Crippen molar-refractivity contribution in [1.29, 1.82) is 0 Å². The Labute approximate surface area is 356 Å². The minimum Gasteiger partial charge on any atom is -1.00 e. The van der Waals surface area contributed by atoms with E-state index in [1.54, 1.807) is 0 Å². The van der Waals surface area contributed by atoms with Crippen LogP contribution in [0, 0.1) is 84.0 Å². The number of allylic oxidation sites excluding steroid dienone is 16. The molecule has 0 aromatic heterocycles. The molecule has 2 saturated carbocycles. The summed E-state index contributed by atoms with van der Waals surface area (Å²) in [6, 6.07) is 13.6. The van der Waals surface area contributed by atoms with Crippen molar-refractivity contribution >= 4 is 3.21 Å². The molecule has 8 unspecified atom stereocenters. The third kappa shape index (κ3) is 6.13. The van der Waals surface area contributed by atoms with Crippen molar-refractivity contribution in [3.05, 3.63) is 173 Å². The maximum absolute atomic E-state index is 2.99. The van der Waals surface area contributed by atoms with E-state index in [1.165, 1.54) is 66.4 Å². The van der Waals surface area contributed by atoms with Crippen LogP contribution in [0.5, 0.6) is 0 Å². The van der Waals surface area contributed by atoms with Gasteiger partial charge in [-0.05, 0) is 28.6 Å². The standard InChI is InChI=1S/C29H37.C17H18.C5H5.2ClH.Zr/c1-21-14-13-15-22-20-27(6)25(4)18-10-9-16-23(25,2)24(3)17-11-12-19-26(24,5)29(27,8)28(21,22)7;1-12-5-13(2)8-16(7-12)11-17-9-14(3)6-15(4)10-17;1-2-4-5-3-1;;;/h9-20,22H,1-8H3;5-10H,1-4H3;1-3H,4H2;2*1H;/q-1;;-1;;;+2/p-2. The van der Waals surface area contributed by atoms with Gasteiger partial charge in [-0.2, -0.15) is 6.08 Å². The van der Waals surface area contributed by atoms with Crippen LogP contribution >= 0.6 is 0 Å². The van der Waals surface area contributed by atoms with Crippen LogP contribution in [0.2, 0.25) is 0 Å². The van der Waals surface area contributed by atoms with E-state index < -0.39 is 0 Å². The Bertz CT molecular complexity index is 1930. The molecule has 2 aromatic rings. The zero-order valence-corrected chi connectivity index (χ0v) is 38.6. The van der Waals surface area contributed by atoms with Crippen LogP contribution in [0.25, 0.3) is 0 Å². The number of benzene rings is 2. The molecular weight excluding hydrogens is 775 g/mol. The summed E-state index contributed by atoms with van der Waals surface area (Å²) in [5.41, 5.74) is 9.84. The summed E-state index contributed by atoms with van der Waals surface area (Å²) < 4.78 is 1.45. The Morgan fingerprint density at radius 3 is 1.48 bits per heavy atom. The van der Waals surface area contributed by atoms with E-state index >= 15 is 0 Å².